The third-order valence-corrected chi connectivity index (χ3v) is 7.17. The molecule has 2 rings (SSSR count). The van der Waals surface area contributed by atoms with Crippen molar-refractivity contribution in [1.82, 2.24) is 0 Å². The first-order chi connectivity index (χ1) is 10.5. The summed E-state index contributed by atoms with van der Waals surface area (Å²) in [6, 6.07) is 6.27. The summed E-state index contributed by atoms with van der Waals surface area (Å²) in [6.07, 6.45) is 0. The molecule has 0 unspecified atom stereocenters. The van der Waals surface area contributed by atoms with E-state index in [1.54, 1.807) is 12.1 Å². The van der Waals surface area contributed by atoms with E-state index < -0.39 is 7.92 Å². The van der Waals surface area contributed by atoms with Gasteiger partial charge in [0.1, 0.15) is 11.5 Å². The Morgan fingerprint density at radius 2 is 1.09 bits per heavy atom. The first kappa shape index (κ1) is 19.0. The number of benzene rings is 2. The minimum atomic E-state index is -1.24. The third kappa shape index (κ3) is 4.00. The first-order valence-electron chi connectivity index (χ1n) is 6.68. The SMILES string of the molecule is CC(C)(C)P(c1cc(Cl)cc(Cl)c1O)c1cc(Cl)cc(Cl)c1O. The van der Waals surface area contributed by atoms with Crippen molar-refractivity contribution in [2.24, 2.45) is 0 Å². The molecule has 0 radical (unpaired) electrons. The summed E-state index contributed by atoms with van der Waals surface area (Å²) in [7, 11) is -1.24. The van der Waals surface area contributed by atoms with Crippen molar-refractivity contribution in [1.29, 1.82) is 0 Å². The molecule has 0 bridgehead atoms. The highest BCUT2D eigenvalue weighted by Crippen LogP contribution is 2.53. The van der Waals surface area contributed by atoms with E-state index in [1.165, 1.54) is 12.1 Å². The Morgan fingerprint density at radius 3 is 1.39 bits per heavy atom. The van der Waals surface area contributed by atoms with Crippen molar-refractivity contribution in [3.05, 3.63) is 44.4 Å². The molecule has 124 valence electrons. The number of halogens is 4. The molecule has 2 N–H and O–H groups in total. The van der Waals surface area contributed by atoms with Gasteiger partial charge in [0, 0.05) is 20.7 Å². The maximum absolute atomic E-state index is 10.4. The molecular formula is C16H15Cl4O2P. The number of hydrogen-bond donors (Lipinski definition) is 2. The van der Waals surface area contributed by atoms with Crippen LogP contribution in [0.2, 0.25) is 20.1 Å². The van der Waals surface area contributed by atoms with Crippen molar-refractivity contribution in [3.8, 4) is 11.5 Å². The van der Waals surface area contributed by atoms with E-state index in [9.17, 15) is 10.2 Å². The lowest BCUT2D eigenvalue weighted by Crippen LogP contribution is -2.27. The number of phenols is 2. The van der Waals surface area contributed by atoms with Crippen LogP contribution in [0, 0.1) is 0 Å². The molecule has 0 atom stereocenters. The second-order valence-corrected chi connectivity index (χ2v) is 10.7. The lowest BCUT2D eigenvalue weighted by Gasteiger charge is -2.33. The second kappa shape index (κ2) is 6.86. The molecule has 0 saturated heterocycles. The minimum Gasteiger partial charge on any atom is -0.506 e. The average molecular weight is 412 g/mol. The number of hydrogen-bond acceptors (Lipinski definition) is 2. The van der Waals surface area contributed by atoms with E-state index in [-0.39, 0.29) is 26.7 Å². The number of rotatable bonds is 2. The van der Waals surface area contributed by atoms with Gasteiger partial charge in [0.15, 0.2) is 0 Å². The van der Waals surface area contributed by atoms with Crippen molar-refractivity contribution in [2.45, 2.75) is 25.9 Å². The average Bonchev–Trinajstić information content (AvgIpc) is 2.39. The molecule has 0 aliphatic heterocycles. The fourth-order valence-corrected chi connectivity index (χ4v) is 6.47. The summed E-state index contributed by atoms with van der Waals surface area (Å²) < 4.78 is 0. The van der Waals surface area contributed by atoms with E-state index in [2.05, 4.69) is 0 Å². The predicted molar refractivity (Wildman–Crippen MR) is 102 cm³/mol. The van der Waals surface area contributed by atoms with Gasteiger partial charge in [-0.2, -0.15) is 0 Å². The molecule has 23 heavy (non-hydrogen) atoms. The minimum absolute atomic E-state index is 0.0485. The van der Waals surface area contributed by atoms with Gasteiger partial charge in [-0.05, 0) is 37.3 Å². The number of aromatic hydroxyl groups is 2. The van der Waals surface area contributed by atoms with Gasteiger partial charge in [0.2, 0.25) is 0 Å². The van der Waals surface area contributed by atoms with E-state index in [0.29, 0.717) is 20.7 Å². The molecule has 0 fully saturated rings. The van der Waals surface area contributed by atoms with Crippen molar-refractivity contribution in [2.75, 3.05) is 0 Å². The van der Waals surface area contributed by atoms with E-state index >= 15 is 0 Å². The quantitative estimate of drug-likeness (QED) is 0.600. The molecule has 2 aromatic rings. The van der Waals surface area contributed by atoms with Gasteiger partial charge in [0.05, 0.1) is 10.0 Å². The monoisotopic (exact) mass is 410 g/mol. The Bertz CT molecular complexity index is 699. The van der Waals surface area contributed by atoms with Gasteiger partial charge in [-0.25, -0.2) is 0 Å². The van der Waals surface area contributed by atoms with Gasteiger partial charge in [-0.1, -0.05) is 67.2 Å². The zero-order chi connectivity index (χ0) is 17.5. The van der Waals surface area contributed by atoms with Crippen LogP contribution in [0.15, 0.2) is 24.3 Å². The van der Waals surface area contributed by atoms with Crippen LogP contribution >= 0.6 is 54.3 Å². The summed E-state index contributed by atoms with van der Waals surface area (Å²) in [4.78, 5) is 0. The molecule has 0 heterocycles. The summed E-state index contributed by atoms with van der Waals surface area (Å²) in [5, 5.41) is 22.8. The molecule has 2 aromatic carbocycles. The number of phenolic OH excluding ortho intramolecular Hbond substituents is 2. The normalized spacial score (nSPS) is 12.0. The molecule has 0 amide bonds. The second-order valence-electron chi connectivity index (χ2n) is 6.02. The Hall–Kier alpha value is -0.370. The standard InChI is InChI=1S/C16H15Cl4O2P/c1-16(2,3)23(12-6-8(17)4-10(19)14(12)21)13-7-9(18)5-11(20)15(13)22/h4-7,21-22H,1-3H3. The molecule has 0 aliphatic carbocycles. The zero-order valence-electron chi connectivity index (χ0n) is 12.7. The van der Waals surface area contributed by atoms with Crippen molar-refractivity contribution < 1.29 is 10.2 Å². The van der Waals surface area contributed by atoms with Crippen LogP contribution in [0.4, 0.5) is 0 Å². The van der Waals surface area contributed by atoms with Crippen LogP contribution in [-0.4, -0.2) is 15.4 Å². The molecule has 0 saturated carbocycles. The van der Waals surface area contributed by atoms with E-state index in [1.807, 2.05) is 20.8 Å². The van der Waals surface area contributed by atoms with Gasteiger partial charge >= 0.3 is 0 Å². The highest BCUT2D eigenvalue weighted by Gasteiger charge is 2.33. The Morgan fingerprint density at radius 1 is 0.739 bits per heavy atom. The van der Waals surface area contributed by atoms with Crippen molar-refractivity contribution in [3.63, 3.8) is 0 Å². The summed E-state index contributed by atoms with van der Waals surface area (Å²) in [5.74, 6) is -0.0970. The van der Waals surface area contributed by atoms with Gasteiger partial charge in [-0.3, -0.25) is 0 Å². The highest BCUT2D eigenvalue weighted by atomic mass is 35.5. The summed E-state index contributed by atoms with van der Waals surface area (Å²) >= 11 is 24.3. The van der Waals surface area contributed by atoms with E-state index in [4.69, 9.17) is 46.4 Å². The van der Waals surface area contributed by atoms with Crippen LogP contribution < -0.4 is 10.6 Å². The molecule has 0 spiro atoms. The van der Waals surface area contributed by atoms with Crippen LogP contribution in [0.1, 0.15) is 20.8 Å². The molecular weight excluding hydrogens is 397 g/mol. The fraction of sp³-hybridized carbons (Fsp3) is 0.250. The zero-order valence-corrected chi connectivity index (χ0v) is 16.6. The fourth-order valence-electron chi connectivity index (χ4n) is 2.30. The van der Waals surface area contributed by atoms with Gasteiger partial charge in [0.25, 0.3) is 0 Å². The first-order valence-corrected chi connectivity index (χ1v) is 9.54. The molecule has 0 aromatic heterocycles. The van der Waals surface area contributed by atoms with Crippen molar-refractivity contribution >= 4 is 64.9 Å². The molecule has 2 nitrogen and oxygen atoms in total. The Balaban J connectivity index is 2.80. The van der Waals surface area contributed by atoms with Crippen LogP contribution in [-0.2, 0) is 0 Å². The lowest BCUT2D eigenvalue weighted by atomic mass is 10.2. The molecule has 7 heteroatoms. The van der Waals surface area contributed by atoms with Gasteiger partial charge < -0.3 is 10.2 Å². The van der Waals surface area contributed by atoms with E-state index in [0.717, 1.165) is 0 Å². The maximum atomic E-state index is 10.4. The van der Waals surface area contributed by atoms with Crippen LogP contribution in [0.25, 0.3) is 0 Å². The van der Waals surface area contributed by atoms with Crippen LogP contribution in [0.3, 0.4) is 0 Å². The largest absolute Gasteiger partial charge is 0.506 e. The predicted octanol–water partition coefficient (Wildman–Crippen LogP) is 5.94. The molecule has 0 aliphatic rings. The maximum Gasteiger partial charge on any atom is 0.142 e. The van der Waals surface area contributed by atoms with Crippen LogP contribution in [0.5, 0.6) is 11.5 Å². The summed E-state index contributed by atoms with van der Waals surface area (Å²) in [5.41, 5.74) is 0. The summed E-state index contributed by atoms with van der Waals surface area (Å²) in [6.45, 7) is 6.00. The Kier molecular flexibility index (Phi) is 5.66. The Labute approximate surface area is 156 Å². The lowest BCUT2D eigenvalue weighted by molar-refractivity contribution is 0.479. The third-order valence-electron chi connectivity index (χ3n) is 3.17. The smallest absolute Gasteiger partial charge is 0.142 e. The van der Waals surface area contributed by atoms with Gasteiger partial charge in [-0.15, -0.1) is 0 Å². The highest BCUT2D eigenvalue weighted by molar-refractivity contribution is 7.74. The topological polar surface area (TPSA) is 40.5 Å².